The summed E-state index contributed by atoms with van der Waals surface area (Å²) >= 11 is 1.50. The number of thiophene rings is 1. The Balaban J connectivity index is 2.54. The molecule has 0 saturated carbocycles. The molecule has 2 rings (SSSR count). The van der Waals surface area contributed by atoms with Crippen molar-refractivity contribution in [1.82, 2.24) is 0 Å². The number of benzene rings is 1. The lowest BCUT2D eigenvalue weighted by atomic mass is 10.0. The Morgan fingerprint density at radius 2 is 2.00 bits per heavy atom. The van der Waals surface area contributed by atoms with Crippen LogP contribution in [0, 0.1) is 0 Å². The Morgan fingerprint density at radius 3 is 2.56 bits per heavy atom. The van der Waals surface area contributed by atoms with Gasteiger partial charge in [-0.25, -0.2) is 4.79 Å². The van der Waals surface area contributed by atoms with Gasteiger partial charge in [-0.1, -0.05) is 37.3 Å². The monoisotopic (exact) mass is 232 g/mol. The number of aromatic carboxylic acids is 1. The van der Waals surface area contributed by atoms with E-state index in [1.807, 2.05) is 37.3 Å². The van der Waals surface area contributed by atoms with Crippen LogP contribution in [-0.4, -0.2) is 11.1 Å². The van der Waals surface area contributed by atoms with Gasteiger partial charge in [-0.2, -0.15) is 0 Å². The molecule has 0 atom stereocenters. The van der Waals surface area contributed by atoms with Crippen molar-refractivity contribution in [2.75, 3.05) is 0 Å². The molecule has 0 unspecified atom stereocenters. The predicted octanol–water partition coefficient (Wildman–Crippen LogP) is 3.68. The first-order valence-corrected chi connectivity index (χ1v) is 6.01. The van der Waals surface area contributed by atoms with E-state index in [1.54, 1.807) is 5.38 Å². The van der Waals surface area contributed by atoms with Crippen LogP contribution in [0.15, 0.2) is 35.7 Å². The molecule has 0 fully saturated rings. The molecule has 0 aliphatic rings. The minimum Gasteiger partial charge on any atom is -0.478 e. The smallest absolute Gasteiger partial charge is 0.336 e. The summed E-state index contributed by atoms with van der Waals surface area (Å²) < 4.78 is 0. The molecule has 3 heteroatoms. The summed E-state index contributed by atoms with van der Waals surface area (Å²) in [6, 6.07) is 9.91. The molecule has 0 amide bonds. The molecule has 0 radical (unpaired) electrons. The summed E-state index contributed by atoms with van der Waals surface area (Å²) in [5.74, 6) is -0.838. The van der Waals surface area contributed by atoms with Crippen molar-refractivity contribution in [2.24, 2.45) is 0 Å². The average molecular weight is 232 g/mol. The minimum absolute atomic E-state index is 0.436. The largest absolute Gasteiger partial charge is 0.478 e. The number of carboxylic acid groups (broad SMARTS) is 1. The Labute approximate surface area is 98.2 Å². The lowest BCUT2D eigenvalue weighted by Gasteiger charge is -2.02. The van der Waals surface area contributed by atoms with E-state index < -0.39 is 5.97 Å². The quantitative estimate of drug-likeness (QED) is 0.876. The minimum atomic E-state index is -0.838. The molecule has 1 heterocycles. The maximum atomic E-state index is 11.0. The van der Waals surface area contributed by atoms with E-state index in [2.05, 4.69) is 0 Å². The summed E-state index contributed by atoms with van der Waals surface area (Å²) in [5.41, 5.74) is 2.46. The topological polar surface area (TPSA) is 37.3 Å². The fraction of sp³-hybridized carbons (Fsp3) is 0.154. The van der Waals surface area contributed by atoms with E-state index in [9.17, 15) is 4.79 Å². The molecule has 0 bridgehead atoms. The van der Waals surface area contributed by atoms with Crippen LogP contribution >= 0.6 is 11.3 Å². The van der Waals surface area contributed by atoms with Crippen molar-refractivity contribution < 1.29 is 9.90 Å². The Morgan fingerprint density at radius 1 is 1.31 bits per heavy atom. The fourth-order valence-corrected chi connectivity index (χ4v) is 2.89. The van der Waals surface area contributed by atoms with Gasteiger partial charge in [-0.3, -0.25) is 0 Å². The maximum Gasteiger partial charge on any atom is 0.336 e. The van der Waals surface area contributed by atoms with Crippen LogP contribution in [0.2, 0.25) is 0 Å². The van der Waals surface area contributed by atoms with Gasteiger partial charge in [0.15, 0.2) is 0 Å². The van der Waals surface area contributed by atoms with Crippen LogP contribution in [0.4, 0.5) is 0 Å². The zero-order valence-corrected chi connectivity index (χ0v) is 9.75. The van der Waals surface area contributed by atoms with Gasteiger partial charge < -0.3 is 5.11 Å². The second-order valence-electron chi connectivity index (χ2n) is 3.48. The van der Waals surface area contributed by atoms with Gasteiger partial charge in [0.1, 0.15) is 0 Å². The van der Waals surface area contributed by atoms with Gasteiger partial charge in [0, 0.05) is 10.3 Å². The number of hydrogen-bond acceptors (Lipinski definition) is 2. The molecule has 0 saturated heterocycles. The second kappa shape index (κ2) is 4.49. The summed E-state index contributed by atoms with van der Waals surface area (Å²) in [5, 5.41) is 10.8. The van der Waals surface area contributed by atoms with Crippen molar-refractivity contribution >= 4 is 17.3 Å². The normalized spacial score (nSPS) is 10.3. The van der Waals surface area contributed by atoms with E-state index in [4.69, 9.17) is 5.11 Å². The summed E-state index contributed by atoms with van der Waals surface area (Å²) in [4.78, 5) is 12.1. The summed E-state index contributed by atoms with van der Waals surface area (Å²) in [6.07, 6.45) is 0.745. The number of hydrogen-bond donors (Lipinski definition) is 1. The van der Waals surface area contributed by atoms with Crippen molar-refractivity contribution in [3.63, 3.8) is 0 Å². The zero-order chi connectivity index (χ0) is 11.5. The molecule has 0 spiro atoms. The number of carboxylic acids is 1. The highest BCUT2D eigenvalue weighted by Crippen LogP contribution is 2.33. The number of carbonyl (C=O) groups is 1. The van der Waals surface area contributed by atoms with Crippen molar-refractivity contribution in [2.45, 2.75) is 13.3 Å². The van der Waals surface area contributed by atoms with Gasteiger partial charge in [-0.15, -0.1) is 11.3 Å². The van der Waals surface area contributed by atoms with Crippen LogP contribution < -0.4 is 0 Å². The molecule has 0 aliphatic carbocycles. The SMILES string of the molecule is CCc1c(C(=O)O)csc1-c1ccccc1. The molecule has 1 aromatic carbocycles. The first kappa shape index (κ1) is 10.9. The standard InChI is InChI=1S/C13H12O2S/c1-2-10-11(13(14)15)8-16-12(10)9-6-4-3-5-7-9/h3-8H,2H2,1H3,(H,14,15). The molecule has 16 heavy (non-hydrogen) atoms. The molecule has 0 aliphatic heterocycles. The van der Waals surface area contributed by atoms with Gasteiger partial charge in [0.2, 0.25) is 0 Å². The molecule has 1 N–H and O–H groups in total. The maximum absolute atomic E-state index is 11.0. The van der Waals surface area contributed by atoms with Crippen molar-refractivity contribution in [3.8, 4) is 10.4 Å². The highest BCUT2D eigenvalue weighted by molar-refractivity contribution is 7.14. The van der Waals surface area contributed by atoms with E-state index in [0.29, 0.717) is 5.56 Å². The third-order valence-corrected chi connectivity index (χ3v) is 3.59. The van der Waals surface area contributed by atoms with Gasteiger partial charge in [0.25, 0.3) is 0 Å². The van der Waals surface area contributed by atoms with Gasteiger partial charge >= 0.3 is 5.97 Å². The molecular weight excluding hydrogens is 220 g/mol. The second-order valence-corrected chi connectivity index (χ2v) is 4.36. The lowest BCUT2D eigenvalue weighted by Crippen LogP contribution is -1.98. The van der Waals surface area contributed by atoms with E-state index >= 15 is 0 Å². The third kappa shape index (κ3) is 1.86. The van der Waals surface area contributed by atoms with Gasteiger partial charge in [-0.05, 0) is 17.5 Å². The average Bonchev–Trinajstić information content (AvgIpc) is 2.73. The van der Waals surface area contributed by atoms with Crippen LogP contribution in [0.3, 0.4) is 0 Å². The number of rotatable bonds is 3. The Kier molecular flexibility index (Phi) is 3.06. The van der Waals surface area contributed by atoms with Crippen molar-refractivity contribution in [1.29, 1.82) is 0 Å². The van der Waals surface area contributed by atoms with E-state index in [0.717, 1.165) is 22.4 Å². The highest BCUT2D eigenvalue weighted by atomic mass is 32.1. The molecule has 1 aromatic heterocycles. The Bertz CT molecular complexity index is 500. The predicted molar refractivity (Wildman–Crippen MR) is 66.1 cm³/mol. The fourth-order valence-electron chi connectivity index (χ4n) is 1.74. The van der Waals surface area contributed by atoms with Crippen LogP contribution in [0.1, 0.15) is 22.8 Å². The summed E-state index contributed by atoms with van der Waals surface area (Å²) in [7, 11) is 0. The molecule has 2 aromatic rings. The molecule has 2 nitrogen and oxygen atoms in total. The van der Waals surface area contributed by atoms with Crippen LogP contribution in [0.5, 0.6) is 0 Å². The van der Waals surface area contributed by atoms with E-state index in [-0.39, 0.29) is 0 Å². The van der Waals surface area contributed by atoms with Crippen LogP contribution in [0.25, 0.3) is 10.4 Å². The molecular formula is C13H12O2S. The Hall–Kier alpha value is -1.61. The van der Waals surface area contributed by atoms with Crippen LogP contribution in [-0.2, 0) is 6.42 Å². The van der Waals surface area contributed by atoms with Gasteiger partial charge in [0.05, 0.1) is 5.56 Å². The third-order valence-electron chi connectivity index (χ3n) is 2.51. The first-order valence-electron chi connectivity index (χ1n) is 5.13. The summed E-state index contributed by atoms with van der Waals surface area (Å²) in [6.45, 7) is 1.99. The highest BCUT2D eigenvalue weighted by Gasteiger charge is 2.16. The van der Waals surface area contributed by atoms with E-state index in [1.165, 1.54) is 11.3 Å². The molecule has 82 valence electrons. The zero-order valence-electron chi connectivity index (χ0n) is 8.93. The first-order chi connectivity index (χ1) is 7.74. The lowest BCUT2D eigenvalue weighted by molar-refractivity contribution is 0.0696. The van der Waals surface area contributed by atoms with Crippen molar-refractivity contribution in [3.05, 3.63) is 46.8 Å².